The third-order valence-electron chi connectivity index (χ3n) is 6.26. The Kier molecular flexibility index (Phi) is 9.81. The van der Waals surface area contributed by atoms with E-state index in [0.717, 1.165) is 10.2 Å². The number of aryl methyl sites for hydroxylation is 1. The number of carbonyl (C=O) groups is 1. The van der Waals surface area contributed by atoms with E-state index in [1.165, 1.54) is 29.2 Å². The average molecular weight is 595 g/mol. The SMILES string of the molecule is CCc1cc(Nc2nccn3c(-c4cn(C(CO)CCl)nc4C(F)(F)F)cnc23)ccc1C(=O)NCCOCCN. The molecule has 1 atom stereocenters. The van der Waals surface area contributed by atoms with Crippen LogP contribution in [-0.2, 0) is 17.3 Å². The summed E-state index contributed by atoms with van der Waals surface area (Å²) in [4.78, 5) is 21.3. The number of nitrogens with zero attached hydrogens (tertiary/aromatic N) is 5. The third kappa shape index (κ3) is 6.78. The Bertz CT molecular complexity index is 1490. The summed E-state index contributed by atoms with van der Waals surface area (Å²) in [6.45, 7) is 2.97. The lowest BCUT2D eigenvalue weighted by Crippen LogP contribution is -2.28. The number of fused-ring (bicyclic) bond motifs is 1. The van der Waals surface area contributed by atoms with E-state index in [9.17, 15) is 23.1 Å². The van der Waals surface area contributed by atoms with Crippen LogP contribution in [0, 0.1) is 0 Å². The number of alkyl halides is 4. The van der Waals surface area contributed by atoms with E-state index in [0.29, 0.717) is 49.8 Å². The van der Waals surface area contributed by atoms with Crippen LogP contribution in [0.4, 0.5) is 24.7 Å². The van der Waals surface area contributed by atoms with Gasteiger partial charge in [-0.05, 0) is 30.2 Å². The minimum Gasteiger partial charge on any atom is -0.394 e. The van der Waals surface area contributed by atoms with Gasteiger partial charge in [0.15, 0.2) is 17.2 Å². The summed E-state index contributed by atoms with van der Waals surface area (Å²) in [7, 11) is 0. The molecule has 11 nitrogen and oxygen atoms in total. The molecule has 0 saturated carbocycles. The third-order valence-corrected chi connectivity index (χ3v) is 6.61. The van der Waals surface area contributed by atoms with Gasteiger partial charge in [-0.2, -0.15) is 18.3 Å². The van der Waals surface area contributed by atoms with Crippen molar-refractivity contribution < 1.29 is 27.8 Å². The number of rotatable bonds is 13. The number of halogens is 4. The van der Waals surface area contributed by atoms with Gasteiger partial charge in [0, 0.05) is 48.8 Å². The molecular formula is C26H30ClF3N8O3. The molecule has 0 aliphatic rings. The number of hydrogen-bond acceptors (Lipinski definition) is 8. The summed E-state index contributed by atoms with van der Waals surface area (Å²) >= 11 is 5.82. The Hall–Kier alpha value is -3.72. The van der Waals surface area contributed by atoms with E-state index in [4.69, 9.17) is 22.1 Å². The minimum absolute atomic E-state index is 0.122. The number of aliphatic hydroxyl groups excluding tert-OH is 1. The standard InChI is InChI=1S/C26H30ClF3N8O3/c1-2-16-11-17(3-4-19(16)25(40)33-7-10-41-9-5-31)35-23-24-34-13-21(37(24)8-6-32-23)20-14-38(18(12-27)15-39)36-22(20)26(28,29)30/h3-4,6,8,11,13-14,18,39H,2,5,7,9-10,12,15,31H2,1H3,(H,32,35)(H,33,40). The van der Waals surface area contributed by atoms with Gasteiger partial charge < -0.3 is 26.2 Å². The highest BCUT2D eigenvalue weighted by atomic mass is 35.5. The number of nitrogens with one attached hydrogen (secondary N) is 2. The summed E-state index contributed by atoms with van der Waals surface area (Å²) in [5.41, 5.74) is 6.36. The highest BCUT2D eigenvalue weighted by Gasteiger charge is 2.39. The van der Waals surface area contributed by atoms with E-state index in [1.807, 2.05) is 13.0 Å². The molecule has 15 heteroatoms. The van der Waals surface area contributed by atoms with Gasteiger partial charge >= 0.3 is 6.18 Å². The Morgan fingerprint density at radius 1 is 1.27 bits per heavy atom. The number of benzene rings is 1. The van der Waals surface area contributed by atoms with E-state index in [1.54, 1.807) is 12.1 Å². The number of nitrogens with two attached hydrogens (primary N) is 1. The van der Waals surface area contributed by atoms with Crippen molar-refractivity contribution in [2.24, 2.45) is 5.73 Å². The molecule has 41 heavy (non-hydrogen) atoms. The lowest BCUT2D eigenvalue weighted by Gasteiger charge is -2.13. The monoisotopic (exact) mass is 594 g/mol. The molecule has 3 heterocycles. The second-order valence-corrected chi connectivity index (χ2v) is 9.29. The molecule has 0 fully saturated rings. The molecule has 220 valence electrons. The van der Waals surface area contributed by atoms with Gasteiger partial charge in [-0.25, -0.2) is 9.97 Å². The molecule has 0 spiro atoms. The fourth-order valence-corrected chi connectivity index (χ4v) is 4.46. The molecule has 3 aromatic heterocycles. The lowest BCUT2D eigenvalue weighted by atomic mass is 10.0. The number of anilines is 2. The molecule has 1 aromatic carbocycles. The van der Waals surface area contributed by atoms with Gasteiger partial charge in [-0.15, -0.1) is 11.6 Å². The Balaban J connectivity index is 1.62. The van der Waals surface area contributed by atoms with Crippen LogP contribution >= 0.6 is 11.6 Å². The first-order valence-corrected chi connectivity index (χ1v) is 13.4. The Morgan fingerprint density at radius 2 is 2.07 bits per heavy atom. The highest BCUT2D eigenvalue weighted by Crippen LogP contribution is 2.37. The van der Waals surface area contributed by atoms with E-state index in [2.05, 4.69) is 25.7 Å². The molecule has 0 bridgehead atoms. The number of amides is 1. The average Bonchev–Trinajstić information content (AvgIpc) is 3.59. The quantitative estimate of drug-likeness (QED) is 0.136. The number of imidazole rings is 1. The summed E-state index contributed by atoms with van der Waals surface area (Å²) in [5.74, 6) is -0.0600. The van der Waals surface area contributed by atoms with Crippen molar-refractivity contribution >= 4 is 34.7 Å². The predicted molar refractivity (Wildman–Crippen MR) is 147 cm³/mol. The highest BCUT2D eigenvalue weighted by molar-refractivity contribution is 6.18. The molecule has 0 aliphatic carbocycles. The van der Waals surface area contributed by atoms with Crippen molar-refractivity contribution in [3.05, 3.63) is 59.8 Å². The van der Waals surface area contributed by atoms with Crippen LogP contribution in [0.15, 0.2) is 43.0 Å². The van der Waals surface area contributed by atoms with Crippen molar-refractivity contribution in [3.63, 3.8) is 0 Å². The van der Waals surface area contributed by atoms with Gasteiger partial charge in [-0.3, -0.25) is 13.9 Å². The summed E-state index contributed by atoms with van der Waals surface area (Å²) in [5, 5.41) is 19.2. The van der Waals surface area contributed by atoms with E-state index < -0.39 is 24.5 Å². The normalized spacial score (nSPS) is 12.6. The minimum atomic E-state index is -4.76. The second kappa shape index (κ2) is 13.3. The van der Waals surface area contributed by atoms with Gasteiger partial charge in [-0.1, -0.05) is 6.92 Å². The largest absolute Gasteiger partial charge is 0.435 e. The maximum Gasteiger partial charge on any atom is 0.435 e. The molecule has 1 amide bonds. The fourth-order valence-electron chi connectivity index (χ4n) is 4.22. The van der Waals surface area contributed by atoms with Gasteiger partial charge in [0.25, 0.3) is 5.91 Å². The van der Waals surface area contributed by atoms with Crippen molar-refractivity contribution in [2.45, 2.75) is 25.6 Å². The molecule has 4 aromatic rings. The molecule has 0 saturated heterocycles. The number of carbonyl (C=O) groups excluding carboxylic acids is 1. The van der Waals surface area contributed by atoms with E-state index in [-0.39, 0.29) is 28.7 Å². The van der Waals surface area contributed by atoms with Crippen LogP contribution < -0.4 is 16.4 Å². The van der Waals surface area contributed by atoms with Crippen molar-refractivity contribution in [3.8, 4) is 11.3 Å². The van der Waals surface area contributed by atoms with Crippen LogP contribution in [0.2, 0.25) is 0 Å². The summed E-state index contributed by atoms with van der Waals surface area (Å²) in [6.07, 6.45) is 1.25. The van der Waals surface area contributed by atoms with Gasteiger partial charge in [0.05, 0.1) is 43.3 Å². The summed E-state index contributed by atoms with van der Waals surface area (Å²) < 4.78 is 49.5. The van der Waals surface area contributed by atoms with Crippen LogP contribution in [0.1, 0.15) is 34.6 Å². The zero-order valence-corrected chi connectivity index (χ0v) is 22.9. The van der Waals surface area contributed by atoms with Crippen LogP contribution in [-0.4, -0.2) is 74.0 Å². The molecule has 1 unspecified atom stereocenters. The molecular weight excluding hydrogens is 565 g/mol. The first-order chi connectivity index (χ1) is 19.7. The van der Waals surface area contributed by atoms with Crippen LogP contribution in [0.5, 0.6) is 0 Å². The zero-order chi connectivity index (χ0) is 29.6. The van der Waals surface area contributed by atoms with Gasteiger partial charge in [0.2, 0.25) is 0 Å². The maximum atomic E-state index is 13.9. The Labute approximate surface area is 238 Å². The lowest BCUT2D eigenvalue weighted by molar-refractivity contribution is -0.141. The van der Waals surface area contributed by atoms with E-state index >= 15 is 0 Å². The number of aliphatic hydroxyl groups is 1. The molecule has 5 N–H and O–H groups in total. The van der Waals surface area contributed by atoms with Crippen molar-refractivity contribution in [1.82, 2.24) is 29.5 Å². The van der Waals surface area contributed by atoms with Crippen LogP contribution in [0.3, 0.4) is 0 Å². The Morgan fingerprint density at radius 3 is 2.76 bits per heavy atom. The first kappa shape index (κ1) is 30.2. The summed E-state index contributed by atoms with van der Waals surface area (Å²) in [6, 6.07) is 4.38. The first-order valence-electron chi connectivity index (χ1n) is 12.8. The molecule has 0 aliphatic heterocycles. The number of ether oxygens (including phenoxy) is 1. The predicted octanol–water partition coefficient (Wildman–Crippen LogP) is 3.39. The molecule has 4 rings (SSSR count). The van der Waals surface area contributed by atoms with Crippen molar-refractivity contribution in [2.75, 3.05) is 44.1 Å². The van der Waals surface area contributed by atoms with Gasteiger partial charge in [0.1, 0.15) is 0 Å². The second-order valence-electron chi connectivity index (χ2n) is 8.98. The number of aromatic nitrogens is 5. The topological polar surface area (TPSA) is 145 Å². The number of hydrogen-bond donors (Lipinski definition) is 4. The zero-order valence-electron chi connectivity index (χ0n) is 22.2. The fraction of sp³-hybridized carbons (Fsp3) is 0.385. The van der Waals surface area contributed by atoms with Crippen molar-refractivity contribution in [1.29, 1.82) is 0 Å². The maximum absolute atomic E-state index is 13.9. The molecule has 0 radical (unpaired) electrons. The van der Waals surface area contributed by atoms with Crippen LogP contribution in [0.25, 0.3) is 16.9 Å². The smallest absolute Gasteiger partial charge is 0.394 e.